The van der Waals surface area contributed by atoms with Gasteiger partial charge in [0.1, 0.15) is 18.1 Å². The minimum atomic E-state index is -0.499. The van der Waals surface area contributed by atoms with Crippen molar-refractivity contribution in [1.82, 2.24) is 4.98 Å². The van der Waals surface area contributed by atoms with Gasteiger partial charge in [0.25, 0.3) is 0 Å². The second-order valence-electron chi connectivity index (χ2n) is 3.82. The van der Waals surface area contributed by atoms with E-state index >= 15 is 0 Å². The molecule has 0 aliphatic carbocycles. The highest BCUT2D eigenvalue weighted by Gasteiger charge is 1.97. The van der Waals surface area contributed by atoms with Crippen LogP contribution in [0, 0.1) is 5.95 Å². The predicted molar refractivity (Wildman–Crippen MR) is 71.2 cm³/mol. The van der Waals surface area contributed by atoms with Crippen LogP contribution >= 0.6 is 0 Å². The highest BCUT2D eigenvalue weighted by molar-refractivity contribution is 5.41. The fraction of sp³-hybridized carbons (Fsp3) is 0.214. The van der Waals surface area contributed by atoms with Crippen LogP contribution in [-0.2, 0) is 0 Å². The lowest BCUT2D eigenvalue weighted by Crippen LogP contribution is -2.11. The van der Waals surface area contributed by atoms with Gasteiger partial charge in [0.05, 0.1) is 7.11 Å². The van der Waals surface area contributed by atoms with E-state index in [-0.39, 0.29) is 0 Å². The van der Waals surface area contributed by atoms with Crippen molar-refractivity contribution >= 4 is 5.69 Å². The molecule has 0 amide bonds. The quantitative estimate of drug-likeness (QED) is 0.642. The number of aromatic nitrogens is 1. The van der Waals surface area contributed by atoms with E-state index in [1.54, 1.807) is 13.2 Å². The third-order valence-electron chi connectivity index (χ3n) is 2.49. The average Bonchev–Trinajstić information content (AvgIpc) is 2.44. The number of hydrogen-bond acceptors (Lipinski definition) is 4. The molecule has 0 aliphatic heterocycles. The maximum Gasteiger partial charge on any atom is 0.214 e. The first-order chi connectivity index (χ1) is 9.28. The van der Waals surface area contributed by atoms with Gasteiger partial charge in [-0.15, -0.1) is 0 Å². The van der Waals surface area contributed by atoms with Crippen molar-refractivity contribution in [3.8, 4) is 11.5 Å². The van der Waals surface area contributed by atoms with E-state index in [4.69, 9.17) is 9.47 Å². The number of benzene rings is 1. The summed E-state index contributed by atoms with van der Waals surface area (Å²) in [5.41, 5.74) is 0.686. The molecule has 0 fully saturated rings. The molecule has 0 spiro atoms. The second kappa shape index (κ2) is 6.58. The first kappa shape index (κ1) is 13.1. The summed E-state index contributed by atoms with van der Waals surface area (Å²) in [6.07, 6.45) is 1.42. The Morgan fingerprint density at radius 3 is 2.58 bits per heavy atom. The number of methoxy groups -OCH3 is 1. The number of ether oxygens (including phenoxy) is 2. The first-order valence-corrected chi connectivity index (χ1v) is 5.90. The van der Waals surface area contributed by atoms with E-state index in [1.807, 2.05) is 24.3 Å². The van der Waals surface area contributed by atoms with Gasteiger partial charge in [-0.1, -0.05) is 0 Å². The van der Waals surface area contributed by atoms with Crippen molar-refractivity contribution in [1.29, 1.82) is 0 Å². The Balaban J connectivity index is 1.74. The SMILES string of the molecule is COc1ccc(OCCNc2ccnc(F)c2)cc1. The third kappa shape index (κ3) is 4.13. The van der Waals surface area contributed by atoms with Crippen molar-refractivity contribution in [2.45, 2.75) is 0 Å². The number of anilines is 1. The highest BCUT2D eigenvalue weighted by Crippen LogP contribution is 2.16. The molecule has 5 heteroatoms. The van der Waals surface area contributed by atoms with Gasteiger partial charge in [-0.3, -0.25) is 0 Å². The molecule has 0 atom stereocenters. The fourth-order valence-electron chi connectivity index (χ4n) is 1.55. The summed E-state index contributed by atoms with van der Waals surface area (Å²) in [6.45, 7) is 1.06. The number of halogens is 1. The van der Waals surface area contributed by atoms with Crippen LogP contribution in [0.3, 0.4) is 0 Å². The number of hydrogen-bond donors (Lipinski definition) is 1. The van der Waals surface area contributed by atoms with Gasteiger partial charge in [-0.2, -0.15) is 4.39 Å². The molecule has 0 saturated carbocycles. The predicted octanol–water partition coefficient (Wildman–Crippen LogP) is 2.72. The normalized spacial score (nSPS) is 10.0. The maximum absolute atomic E-state index is 12.8. The van der Waals surface area contributed by atoms with Crippen LogP contribution in [-0.4, -0.2) is 25.2 Å². The van der Waals surface area contributed by atoms with Crippen molar-refractivity contribution in [3.05, 3.63) is 48.5 Å². The van der Waals surface area contributed by atoms with Crippen LogP contribution in [0.5, 0.6) is 11.5 Å². The van der Waals surface area contributed by atoms with Crippen LogP contribution in [0.1, 0.15) is 0 Å². The third-order valence-corrected chi connectivity index (χ3v) is 2.49. The zero-order chi connectivity index (χ0) is 13.5. The van der Waals surface area contributed by atoms with Gasteiger partial charge in [0.2, 0.25) is 5.95 Å². The van der Waals surface area contributed by atoms with Crippen LogP contribution in [0.4, 0.5) is 10.1 Å². The Kier molecular flexibility index (Phi) is 4.55. The lowest BCUT2D eigenvalue weighted by molar-refractivity contribution is 0.331. The van der Waals surface area contributed by atoms with Gasteiger partial charge >= 0.3 is 0 Å². The van der Waals surface area contributed by atoms with Crippen LogP contribution < -0.4 is 14.8 Å². The molecule has 1 aromatic heterocycles. The largest absolute Gasteiger partial charge is 0.497 e. The Labute approximate surface area is 111 Å². The molecule has 2 rings (SSSR count). The van der Waals surface area contributed by atoms with E-state index in [2.05, 4.69) is 10.3 Å². The number of nitrogens with zero attached hydrogens (tertiary/aromatic N) is 1. The zero-order valence-corrected chi connectivity index (χ0v) is 10.6. The summed E-state index contributed by atoms with van der Waals surface area (Å²) in [7, 11) is 1.62. The van der Waals surface area contributed by atoms with Crippen LogP contribution in [0.2, 0.25) is 0 Å². The minimum absolute atomic E-state index is 0.482. The summed E-state index contributed by atoms with van der Waals surface area (Å²) >= 11 is 0. The zero-order valence-electron chi connectivity index (χ0n) is 10.6. The summed E-state index contributed by atoms with van der Waals surface area (Å²) in [6, 6.07) is 10.4. The minimum Gasteiger partial charge on any atom is -0.497 e. The standard InChI is InChI=1S/C14H15FN2O2/c1-18-12-2-4-13(5-3-12)19-9-8-16-11-6-7-17-14(15)10-11/h2-7,10H,8-9H2,1H3,(H,16,17). The fourth-order valence-corrected chi connectivity index (χ4v) is 1.55. The number of nitrogens with one attached hydrogen (secondary N) is 1. The van der Waals surface area contributed by atoms with E-state index in [1.165, 1.54) is 12.3 Å². The Hall–Kier alpha value is -2.30. The molecule has 4 nitrogen and oxygen atoms in total. The van der Waals surface area contributed by atoms with Gasteiger partial charge in [-0.05, 0) is 30.3 Å². The molecular weight excluding hydrogens is 247 g/mol. The summed E-state index contributed by atoms with van der Waals surface area (Å²) < 4.78 is 23.4. The van der Waals surface area contributed by atoms with Crippen molar-refractivity contribution in [2.75, 3.05) is 25.6 Å². The lowest BCUT2D eigenvalue weighted by Gasteiger charge is -2.09. The molecule has 0 saturated heterocycles. The molecule has 19 heavy (non-hydrogen) atoms. The number of pyridine rings is 1. The molecule has 1 N–H and O–H groups in total. The van der Waals surface area contributed by atoms with Crippen molar-refractivity contribution in [2.24, 2.45) is 0 Å². The smallest absolute Gasteiger partial charge is 0.214 e. The molecule has 0 aliphatic rings. The Morgan fingerprint density at radius 2 is 1.89 bits per heavy atom. The van der Waals surface area contributed by atoms with Crippen molar-refractivity contribution < 1.29 is 13.9 Å². The van der Waals surface area contributed by atoms with Gasteiger partial charge < -0.3 is 14.8 Å². The van der Waals surface area contributed by atoms with E-state index in [0.717, 1.165) is 11.5 Å². The molecule has 0 bridgehead atoms. The van der Waals surface area contributed by atoms with E-state index in [0.29, 0.717) is 18.8 Å². The molecule has 100 valence electrons. The van der Waals surface area contributed by atoms with Gasteiger partial charge in [0, 0.05) is 24.5 Å². The lowest BCUT2D eigenvalue weighted by atomic mass is 10.3. The summed E-state index contributed by atoms with van der Waals surface area (Å²) in [5, 5.41) is 3.05. The van der Waals surface area contributed by atoms with Gasteiger partial charge in [0.15, 0.2) is 0 Å². The Morgan fingerprint density at radius 1 is 1.16 bits per heavy atom. The highest BCUT2D eigenvalue weighted by atomic mass is 19.1. The van der Waals surface area contributed by atoms with Crippen LogP contribution in [0.15, 0.2) is 42.6 Å². The van der Waals surface area contributed by atoms with E-state index in [9.17, 15) is 4.39 Å². The number of rotatable bonds is 6. The topological polar surface area (TPSA) is 43.4 Å². The molecule has 0 radical (unpaired) electrons. The molecule has 1 heterocycles. The Bertz CT molecular complexity index is 517. The second-order valence-corrected chi connectivity index (χ2v) is 3.82. The molecular formula is C14H15FN2O2. The summed E-state index contributed by atoms with van der Waals surface area (Å²) in [5.74, 6) is 1.06. The molecule has 0 unspecified atom stereocenters. The van der Waals surface area contributed by atoms with Crippen molar-refractivity contribution in [3.63, 3.8) is 0 Å². The van der Waals surface area contributed by atoms with Crippen LogP contribution in [0.25, 0.3) is 0 Å². The average molecular weight is 262 g/mol. The molecule has 1 aromatic carbocycles. The molecule has 2 aromatic rings. The van der Waals surface area contributed by atoms with E-state index < -0.39 is 5.95 Å². The monoisotopic (exact) mass is 262 g/mol. The summed E-state index contributed by atoms with van der Waals surface area (Å²) in [4.78, 5) is 3.48. The first-order valence-electron chi connectivity index (χ1n) is 5.90. The maximum atomic E-state index is 12.8. The van der Waals surface area contributed by atoms with Gasteiger partial charge in [-0.25, -0.2) is 4.98 Å².